The largest absolute Gasteiger partial charge is 0.573 e. The maximum absolute atomic E-state index is 12.3. The summed E-state index contributed by atoms with van der Waals surface area (Å²) >= 11 is 0. The fourth-order valence-electron chi connectivity index (χ4n) is 3.45. The molecule has 1 fully saturated rings. The zero-order valence-electron chi connectivity index (χ0n) is 16.1. The van der Waals surface area contributed by atoms with Gasteiger partial charge in [-0.1, -0.05) is 17.3 Å². The molecule has 1 saturated heterocycles. The van der Waals surface area contributed by atoms with E-state index in [9.17, 15) is 13.2 Å². The first-order valence-electron chi connectivity index (χ1n) is 9.34. The third-order valence-corrected chi connectivity index (χ3v) is 4.84. The van der Waals surface area contributed by atoms with E-state index in [1.165, 1.54) is 12.1 Å². The minimum atomic E-state index is -4.70. The monoisotopic (exact) mass is 420 g/mol. The molecule has 7 nitrogen and oxygen atoms in total. The molecule has 0 spiro atoms. The van der Waals surface area contributed by atoms with E-state index in [0.29, 0.717) is 24.1 Å². The number of likely N-dealkylation sites (tertiary alicyclic amines) is 1. The van der Waals surface area contributed by atoms with Crippen LogP contribution in [0.2, 0.25) is 0 Å². The first-order valence-corrected chi connectivity index (χ1v) is 9.34. The van der Waals surface area contributed by atoms with Crippen LogP contribution in [0.1, 0.15) is 30.3 Å². The molecule has 1 aromatic carbocycles. The van der Waals surface area contributed by atoms with Crippen molar-refractivity contribution in [1.29, 1.82) is 0 Å². The molecule has 1 aliphatic rings. The zero-order chi connectivity index (χ0) is 21.1. The molecule has 0 amide bonds. The Balaban J connectivity index is 1.44. The smallest absolute Gasteiger partial charge is 0.481 e. The number of alkyl halides is 3. The Labute approximate surface area is 170 Å². The van der Waals surface area contributed by atoms with Crippen LogP contribution in [0.3, 0.4) is 0 Å². The van der Waals surface area contributed by atoms with Crippen LogP contribution in [-0.4, -0.2) is 40.0 Å². The van der Waals surface area contributed by atoms with E-state index in [-0.39, 0.29) is 11.8 Å². The number of aromatic nitrogens is 3. The van der Waals surface area contributed by atoms with E-state index in [1.54, 1.807) is 37.6 Å². The molecular weight excluding hydrogens is 401 g/mol. The summed E-state index contributed by atoms with van der Waals surface area (Å²) < 4.78 is 51.4. The van der Waals surface area contributed by atoms with Gasteiger partial charge in [-0.15, -0.1) is 13.2 Å². The molecule has 1 unspecified atom stereocenters. The predicted octanol–water partition coefficient (Wildman–Crippen LogP) is 4.38. The van der Waals surface area contributed by atoms with Gasteiger partial charge in [0.15, 0.2) is 0 Å². The molecule has 0 aliphatic carbocycles. The Morgan fingerprint density at radius 1 is 1.17 bits per heavy atom. The first kappa shape index (κ1) is 20.1. The SMILES string of the molecule is COc1ccc(-c2noc(C3CCCN3Cc3ccc(OC(F)(F)F)cc3)n2)cn1. The number of methoxy groups -OCH3 is 1. The van der Waals surface area contributed by atoms with Gasteiger partial charge < -0.3 is 14.0 Å². The minimum absolute atomic E-state index is 0.0523. The molecule has 3 heterocycles. The van der Waals surface area contributed by atoms with Crippen LogP contribution in [0.15, 0.2) is 47.1 Å². The molecule has 2 aromatic heterocycles. The van der Waals surface area contributed by atoms with Crippen LogP contribution in [-0.2, 0) is 6.54 Å². The van der Waals surface area contributed by atoms with Crippen LogP contribution in [0.4, 0.5) is 13.2 Å². The lowest BCUT2D eigenvalue weighted by molar-refractivity contribution is -0.274. The van der Waals surface area contributed by atoms with Gasteiger partial charge in [-0.25, -0.2) is 4.98 Å². The van der Waals surface area contributed by atoms with Gasteiger partial charge in [0.1, 0.15) is 5.75 Å². The normalized spacial score (nSPS) is 17.3. The summed E-state index contributed by atoms with van der Waals surface area (Å²) in [6.45, 7) is 1.38. The van der Waals surface area contributed by atoms with E-state index in [2.05, 4.69) is 24.8 Å². The second-order valence-corrected chi connectivity index (χ2v) is 6.87. The minimum Gasteiger partial charge on any atom is -0.481 e. The highest BCUT2D eigenvalue weighted by Crippen LogP contribution is 2.33. The average Bonchev–Trinajstić information content (AvgIpc) is 3.38. The highest BCUT2D eigenvalue weighted by atomic mass is 19.4. The van der Waals surface area contributed by atoms with Gasteiger partial charge >= 0.3 is 6.36 Å². The molecule has 30 heavy (non-hydrogen) atoms. The lowest BCUT2D eigenvalue weighted by Crippen LogP contribution is -2.23. The third-order valence-electron chi connectivity index (χ3n) is 4.84. The van der Waals surface area contributed by atoms with Gasteiger partial charge in [0.25, 0.3) is 0 Å². The number of rotatable bonds is 6. The molecule has 10 heteroatoms. The summed E-state index contributed by atoms with van der Waals surface area (Å²) in [5.41, 5.74) is 1.59. The van der Waals surface area contributed by atoms with Crippen molar-refractivity contribution in [3.8, 4) is 23.0 Å². The average molecular weight is 420 g/mol. The van der Waals surface area contributed by atoms with Gasteiger partial charge in [-0.2, -0.15) is 4.98 Å². The number of benzene rings is 1. The fourth-order valence-corrected chi connectivity index (χ4v) is 3.45. The van der Waals surface area contributed by atoms with Crippen LogP contribution >= 0.6 is 0 Å². The van der Waals surface area contributed by atoms with Crippen molar-refractivity contribution in [2.45, 2.75) is 31.8 Å². The number of hydrogen-bond donors (Lipinski definition) is 0. The Morgan fingerprint density at radius 2 is 1.97 bits per heavy atom. The highest BCUT2D eigenvalue weighted by Gasteiger charge is 2.32. The summed E-state index contributed by atoms with van der Waals surface area (Å²) in [4.78, 5) is 10.8. The molecule has 3 aromatic rings. The van der Waals surface area contributed by atoms with Crippen molar-refractivity contribution >= 4 is 0 Å². The van der Waals surface area contributed by atoms with Crippen LogP contribution < -0.4 is 9.47 Å². The number of ether oxygens (including phenoxy) is 2. The second-order valence-electron chi connectivity index (χ2n) is 6.87. The first-order chi connectivity index (χ1) is 14.4. The van der Waals surface area contributed by atoms with E-state index >= 15 is 0 Å². The zero-order valence-corrected chi connectivity index (χ0v) is 16.1. The number of hydrogen-bond acceptors (Lipinski definition) is 7. The summed E-state index contributed by atoms with van der Waals surface area (Å²) in [5, 5.41) is 4.06. The Kier molecular flexibility index (Phi) is 5.58. The maximum atomic E-state index is 12.3. The van der Waals surface area contributed by atoms with E-state index in [0.717, 1.165) is 30.5 Å². The summed E-state index contributed by atoms with van der Waals surface area (Å²) in [7, 11) is 1.54. The lowest BCUT2D eigenvalue weighted by atomic mass is 10.1. The van der Waals surface area contributed by atoms with E-state index in [1.807, 2.05) is 0 Å². The van der Waals surface area contributed by atoms with Gasteiger partial charge in [0.2, 0.25) is 17.6 Å². The molecule has 158 valence electrons. The second kappa shape index (κ2) is 8.31. The van der Waals surface area contributed by atoms with Crippen molar-refractivity contribution in [3.63, 3.8) is 0 Å². The van der Waals surface area contributed by atoms with Crippen molar-refractivity contribution < 1.29 is 27.2 Å². The number of halogens is 3. The van der Waals surface area contributed by atoms with E-state index < -0.39 is 6.36 Å². The molecule has 0 N–H and O–H groups in total. The third kappa shape index (κ3) is 4.70. The summed E-state index contributed by atoms with van der Waals surface area (Å²) in [6.07, 6.45) is -1.26. The molecule has 0 saturated carbocycles. The Hall–Kier alpha value is -3.14. The number of pyridine rings is 1. The van der Waals surface area contributed by atoms with Gasteiger partial charge in [-0.3, -0.25) is 4.90 Å². The van der Waals surface area contributed by atoms with Crippen LogP contribution in [0, 0.1) is 0 Å². The van der Waals surface area contributed by atoms with E-state index in [4.69, 9.17) is 9.26 Å². The van der Waals surface area contributed by atoms with Crippen LogP contribution in [0.25, 0.3) is 11.4 Å². The quantitative estimate of drug-likeness (QED) is 0.586. The van der Waals surface area contributed by atoms with Crippen LogP contribution in [0.5, 0.6) is 11.6 Å². The van der Waals surface area contributed by atoms with Gasteiger partial charge in [-0.05, 0) is 43.1 Å². The Morgan fingerprint density at radius 3 is 2.63 bits per heavy atom. The molecule has 4 rings (SSSR count). The van der Waals surface area contributed by atoms with Crippen molar-refractivity contribution in [3.05, 3.63) is 54.0 Å². The highest BCUT2D eigenvalue weighted by molar-refractivity contribution is 5.53. The van der Waals surface area contributed by atoms with Crippen molar-refractivity contribution in [1.82, 2.24) is 20.0 Å². The maximum Gasteiger partial charge on any atom is 0.573 e. The van der Waals surface area contributed by atoms with Gasteiger partial charge in [0, 0.05) is 24.4 Å². The molecule has 1 atom stereocenters. The molecule has 0 bridgehead atoms. The summed E-state index contributed by atoms with van der Waals surface area (Å²) in [6, 6.07) is 9.35. The Bertz CT molecular complexity index is 974. The fraction of sp³-hybridized carbons (Fsp3) is 0.350. The lowest BCUT2D eigenvalue weighted by Gasteiger charge is -2.21. The molecule has 1 aliphatic heterocycles. The van der Waals surface area contributed by atoms with Crippen molar-refractivity contribution in [2.24, 2.45) is 0 Å². The topological polar surface area (TPSA) is 73.5 Å². The summed E-state index contributed by atoms with van der Waals surface area (Å²) in [5.74, 6) is 1.21. The number of nitrogens with zero attached hydrogens (tertiary/aromatic N) is 4. The molecule has 0 radical (unpaired) electrons. The van der Waals surface area contributed by atoms with Gasteiger partial charge in [0.05, 0.1) is 13.2 Å². The predicted molar refractivity (Wildman–Crippen MR) is 99.6 cm³/mol. The standard InChI is InChI=1S/C20H19F3N4O3/c1-28-17-9-6-14(11-24-17)18-25-19(30-26-18)16-3-2-10-27(16)12-13-4-7-15(8-5-13)29-20(21,22)23/h4-9,11,16H,2-3,10,12H2,1H3. The molecular formula is C20H19F3N4O3. The van der Waals surface area contributed by atoms with Crippen molar-refractivity contribution in [2.75, 3.05) is 13.7 Å².